The molecule has 0 N–H and O–H groups in total. The van der Waals surface area contributed by atoms with Crippen LogP contribution in [0, 0.1) is 0 Å². The lowest BCUT2D eigenvalue weighted by atomic mass is 10.00. The second-order valence-electron chi connectivity index (χ2n) is 6.28. The Bertz CT molecular complexity index is 910. The highest BCUT2D eigenvalue weighted by Gasteiger charge is 2.26. The second-order valence-corrected chi connectivity index (χ2v) is 7.57. The summed E-state index contributed by atoms with van der Waals surface area (Å²) in [4.78, 5) is 14.7. The number of hydrogen-bond donors (Lipinski definition) is 0. The number of nitrogens with zero attached hydrogens (tertiary/aromatic N) is 3. The van der Waals surface area contributed by atoms with Gasteiger partial charge >= 0.3 is 0 Å². The summed E-state index contributed by atoms with van der Waals surface area (Å²) >= 11 is 1.31. The van der Waals surface area contributed by atoms with Crippen LogP contribution in [0.2, 0.25) is 0 Å². The molecule has 0 radical (unpaired) electrons. The quantitative estimate of drug-likeness (QED) is 0.658. The van der Waals surface area contributed by atoms with Gasteiger partial charge in [0.25, 0.3) is 5.22 Å². The van der Waals surface area contributed by atoms with Crippen molar-refractivity contribution in [1.82, 2.24) is 15.1 Å². The van der Waals surface area contributed by atoms with Gasteiger partial charge in [-0.25, -0.2) is 0 Å². The van der Waals surface area contributed by atoms with Crippen molar-refractivity contribution < 1.29 is 9.21 Å². The molecule has 26 heavy (non-hydrogen) atoms. The van der Waals surface area contributed by atoms with Crippen LogP contribution >= 0.6 is 11.8 Å². The fraction of sp³-hybridized carbons (Fsp3) is 0.250. The smallest absolute Gasteiger partial charge is 0.277 e. The van der Waals surface area contributed by atoms with Crippen molar-refractivity contribution in [2.45, 2.75) is 30.4 Å². The van der Waals surface area contributed by atoms with Crippen LogP contribution in [-0.2, 0) is 17.8 Å². The number of rotatable bonds is 4. The molecule has 5 nitrogen and oxygen atoms in total. The van der Waals surface area contributed by atoms with Gasteiger partial charge in [-0.05, 0) is 36.6 Å². The number of thioether (sulfide) groups is 1. The summed E-state index contributed by atoms with van der Waals surface area (Å²) in [6.45, 7) is 3.30. The Balaban J connectivity index is 1.42. The van der Waals surface area contributed by atoms with Crippen molar-refractivity contribution in [2.75, 3.05) is 6.54 Å². The van der Waals surface area contributed by atoms with Crippen molar-refractivity contribution in [1.29, 1.82) is 0 Å². The first kappa shape index (κ1) is 16.8. The zero-order valence-electron chi connectivity index (χ0n) is 14.5. The highest BCUT2D eigenvalue weighted by atomic mass is 32.2. The van der Waals surface area contributed by atoms with E-state index in [2.05, 4.69) is 28.4 Å². The number of aromatic nitrogens is 2. The van der Waals surface area contributed by atoms with Gasteiger partial charge in [0.2, 0.25) is 11.8 Å². The van der Waals surface area contributed by atoms with E-state index in [0.29, 0.717) is 17.7 Å². The molecule has 0 fully saturated rings. The maximum atomic E-state index is 12.8. The van der Waals surface area contributed by atoms with Gasteiger partial charge in [0.1, 0.15) is 0 Å². The van der Waals surface area contributed by atoms with E-state index in [-0.39, 0.29) is 11.2 Å². The number of benzene rings is 2. The molecule has 0 bridgehead atoms. The summed E-state index contributed by atoms with van der Waals surface area (Å²) in [5, 5.41) is 8.30. The van der Waals surface area contributed by atoms with Crippen molar-refractivity contribution in [3.8, 4) is 11.5 Å². The Morgan fingerprint density at radius 2 is 1.81 bits per heavy atom. The summed E-state index contributed by atoms with van der Waals surface area (Å²) in [5.41, 5.74) is 3.44. The van der Waals surface area contributed by atoms with Crippen molar-refractivity contribution in [3.05, 3.63) is 65.7 Å². The van der Waals surface area contributed by atoms with Crippen LogP contribution in [0.3, 0.4) is 0 Å². The zero-order chi connectivity index (χ0) is 17.9. The third kappa shape index (κ3) is 3.51. The minimum Gasteiger partial charge on any atom is -0.411 e. The van der Waals surface area contributed by atoms with Crippen molar-refractivity contribution in [2.24, 2.45) is 0 Å². The van der Waals surface area contributed by atoms with Gasteiger partial charge in [0.05, 0.1) is 5.25 Å². The first-order valence-corrected chi connectivity index (χ1v) is 9.50. The molecule has 1 aliphatic rings. The van der Waals surface area contributed by atoms with Gasteiger partial charge in [-0.1, -0.05) is 54.2 Å². The Hall–Kier alpha value is -2.60. The largest absolute Gasteiger partial charge is 0.411 e. The predicted octanol–water partition coefficient (Wildman–Crippen LogP) is 3.80. The van der Waals surface area contributed by atoms with Gasteiger partial charge in [0, 0.05) is 18.7 Å². The lowest BCUT2D eigenvalue weighted by molar-refractivity contribution is -0.131. The molecule has 0 spiro atoms. The zero-order valence-corrected chi connectivity index (χ0v) is 15.3. The first-order valence-electron chi connectivity index (χ1n) is 8.62. The van der Waals surface area contributed by atoms with Gasteiger partial charge in [-0.3, -0.25) is 4.79 Å². The summed E-state index contributed by atoms with van der Waals surface area (Å²) in [5.74, 6) is 0.573. The highest BCUT2D eigenvalue weighted by Crippen LogP contribution is 2.28. The first-order chi connectivity index (χ1) is 12.7. The number of carbonyl (C=O) groups excluding carboxylic acids is 1. The van der Waals surface area contributed by atoms with Crippen LogP contribution in [0.1, 0.15) is 18.1 Å². The summed E-state index contributed by atoms with van der Waals surface area (Å²) in [6.07, 6.45) is 0.901. The van der Waals surface area contributed by atoms with E-state index < -0.39 is 0 Å². The van der Waals surface area contributed by atoms with Crippen LogP contribution in [0.25, 0.3) is 11.5 Å². The third-order valence-electron chi connectivity index (χ3n) is 4.49. The summed E-state index contributed by atoms with van der Waals surface area (Å²) < 4.78 is 5.70. The van der Waals surface area contributed by atoms with E-state index in [0.717, 1.165) is 18.5 Å². The van der Waals surface area contributed by atoms with Crippen LogP contribution in [0.5, 0.6) is 0 Å². The fourth-order valence-electron chi connectivity index (χ4n) is 3.10. The summed E-state index contributed by atoms with van der Waals surface area (Å²) in [6, 6.07) is 17.9. The Kier molecular flexibility index (Phi) is 4.75. The van der Waals surface area contributed by atoms with Crippen LogP contribution < -0.4 is 0 Å². The summed E-state index contributed by atoms with van der Waals surface area (Å²) in [7, 11) is 0. The lowest BCUT2D eigenvalue weighted by Gasteiger charge is -2.30. The number of fused-ring (bicyclic) bond motifs is 1. The second kappa shape index (κ2) is 7.33. The average Bonchev–Trinajstić information content (AvgIpc) is 3.16. The third-order valence-corrected chi connectivity index (χ3v) is 5.42. The lowest BCUT2D eigenvalue weighted by Crippen LogP contribution is -2.40. The van der Waals surface area contributed by atoms with Crippen molar-refractivity contribution in [3.63, 3.8) is 0 Å². The SMILES string of the molecule is C[C@@H](Sc1nnc(-c2ccccc2)o1)C(=O)N1CCc2ccccc2C1. The number of carbonyl (C=O) groups is 1. The molecule has 2 heterocycles. The molecule has 2 aromatic carbocycles. The standard InChI is InChI=1S/C20H19N3O2S/c1-14(19(24)23-12-11-15-7-5-6-10-17(15)13-23)26-20-22-21-18(25-20)16-8-3-2-4-9-16/h2-10,14H,11-13H2,1H3/t14-/m1/s1. The molecule has 0 saturated heterocycles. The fourth-order valence-corrected chi connectivity index (χ4v) is 3.86. The molecule has 132 valence electrons. The monoisotopic (exact) mass is 365 g/mol. The molecule has 0 saturated carbocycles. The van der Waals surface area contributed by atoms with Crippen LogP contribution in [0.15, 0.2) is 64.2 Å². The number of amides is 1. The Morgan fingerprint density at radius 3 is 2.62 bits per heavy atom. The molecule has 4 rings (SSSR count). The van der Waals surface area contributed by atoms with E-state index in [9.17, 15) is 4.79 Å². The minimum atomic E-state index is -0.274. The predicted molar refractivity (Wildman–Crippen MR) is 101 cm³/mol. The molecule has 0 unspecified atom stereocenters. The van der Waals surface area contributed by atoms with E-state index >= 15 is 0 Å². The van der Waals surface area contributed by atoms with E-state index in [1.807, 2.05) is 48.2 Å². The van der Waals surface area contributed by atoms with Gasteiger partial charge in [0.15, 0.2) is 0 Å². The molecule has 6 heteroatoms. The topological polar surface area (TPSA) is 59.2 Å². The van der Waals surface area contributed by atoms with Crippen LogP contribution in [-0.4, -0.2) is 32.8 Å². The molecule has 1 aliphatic heterocycles. The maximum absolute atomic E-state index is 12.8. The van der Waals surface area contributed by atoms with Gasteiger partial charge < -0.3 is 9.32 Å². The molecular formula is C20H19N3O2S. The van der Waals surface area contributed by atoms with Gasteiger partial charge in [-0.15, -0.1) is 10.2 Å². The molecule has 0 aliphatic carbocycles. The minimum absolute atomic E-state index is 0.101. The Labute approximate surface area is 156 Å². The van der Waals surface area contributed by atoms with Gasteiger partial charge in [-0.2, -0.15) is 0 Å². The van der Waals surface area contributed by atoms with Crippen LogP contribution in [0.4, 0.5) is 0 Å². The molecule has 3 aromatic rings. The maximum Gasteiger partial charge on any atom is 0.277 e. The average molecular weight is 365 g/mol. The molecule has 1 atom stereocenters. The van der Waals surface area contributed by atoms with E-state index in [1.165, 1.54) is 22.9 Å². The molecule has 1 aromatic heterocycles. The van der Waals surface area contributed by atoms with Crippen molar-refractivity contribution >= 4 is 17.7 Å². The number of hydrogen-bond acceptors (Lipinski definition) is 5. The molecule has 1 amide bonds. The van der Waals surface area contributed by atoms with E-state index in [1.54, 1.807) is 0 Å². The van der Waals surface area contributed by atoms with E-state index in [4.69, 9.17) is 4.42 Å². The normalized spacial score (nSPS) is 14.7. The Morgan fingerprint density at radius 1 is 1.08 bits per heavy atom. The highest BCUT2D eigenvalue weighted by molar-refractivity contribution is 8.00. The molecular weight excluding hydrogens is 346 g/mol.